The van der Waals surface area contributed by atoms with E-state index >= 15 is 0 Å². The largest absolute Gasteiger partial charge is 0.330 e. The topological polar surface area (TPSA) is 29.3 Å². The third-order valence-electron chi connectivity index (χ3n) is 3.74. The Bertz CT molecular complexity index is 161. The molecular formula is C11H22N2. The molecule has 0 radical (unpaired) electrons. The molecule has 2 aliphatic rings. The van der Waals surface area contributed by atoms with Crippen LogP contribution in [0.5, 0.6) is 0 Å². The van der Waals surface area contributed by atoms with Gasteiger partial charge < -0.3 is 10.6 Å². The van der Waals surface area contributed by atoms with Crippen molar-refractivity contribution < 1.29 is 0 Å². The maximum atomic E-state index is 5.63. The highest BCUT2D eigenvalue weighted by atomic mass is 15.1. The number of nitrogens with zero attached hydrogens (tertiary/aromatic N) is 1. The first-order chi connectivity index (χ1) is 6.29. The lowest BCUT2D eigenvalue weighted by atomic mass is 9.99. The van der Waals surface area contributed by atoms with Crippen LogP contribution < -0.4 is 5.73 Å². The lowest BCUT2D eigenvalue weighted by Gasteiger charge is -2.30. The van der Waals surface area contributed by atoms with Crippen LogP contribution in [0.25, 0.3) is 0 Å². The maximum absolute atomic E-state index is 5.63. The summed E-state index contributed by atoms with van der Waals surface area (Å²) in [6.07, 6.45) is 4.20. The third kappa shape index (κ3) is 2.44. The van der Waals surface area contributed by atoms with E-state index in [1.165, 1.54) is 38.9 Å². The normalized spacial score (nSPS) is 36.5. The van der Waals surface area contributed by atoms with Gasteiger partial charge in [0.05, 0.1) is 0 Å². The van der Waals surface area contributed by atoms with Crippen molar-refractivity contribution in [3.05, 3.63) is 0 Å². The van der Waals surface area contributed by atoms with Crippen LogP contribution >= 0.6 is 0 Å². The Kier molecular flexibility index (Phi) is 2.89. The molecule has 0 amide bonds. The fraction of sp³-hybridized carbons (Fsp3) is 1.00. The van der Waals surface area contributed by atoms with E-state index in [1.807, 2.05) is 0 Å². The molecule has 1 saturated heterocycles. The molecule has 0 unspecified atom stereocenters. The first-order valence-electron chi connectivity index (χ1n) is 5.72. The standard InChI is InChI=1S/C11H22N2/c1-9-2-4-13(5-3-9)8-11-6-10(11)7-12/h9-11H,2-8,12H2,1H3/t10-,11+/m0/s1. The van der Waals surface area contributed by atoms with Crippen molar-refractivity contribution in [1.29, 1.82) is 0 Å². The SMILES string of the molecule is CC1CCN(C[C@H]2C[C@H]2CN)CC1. The molecule has 13 heavy (non-hydrogen) atoms. The van der Waals surface area contributed by atoms with Gasteiger partial charge in [0.15, 0.2) is 0 Å². The van der Waals surface area contributed by atoms with Gasteiger partial charge in [-0.3, -0.25) is 0 Å². The van der Waals surface area contributed by atoms with E-state index in [2.05, 4.69) is 11.8 Å². The number of hydrogen-bond donors (Lipinski definition) is 1. The number of rotatable bonds is 3. The van der Waals surface area contributed by atoms with Gasteiger partial charge in [-0.25, -0.2) is 0 Å². The molecule has 2 fully saturated rings. The van der Waals surface area contributed by atoms with Crippen LogP contribution in [0.4, 0.5) is 0 Å². The van der Waals surface area contributed by atoms with Gasteiger partial charge in [-0.1, -0.05) is 6.92 Å². The van der Waals surface area contributed by atoms with Crippen LogP contribution in [-0.2, 0) is 0 Å². The Morgan fingerprint density at radius 1 is 1.23 bits per heavy atom. The van der Waals surface area contributed by atoms with Crippen molar-refractivity contribution >= 4 is 0 Å². The molecule has 0 aromatic carbocycles. The molecule has 2 atom stereocenters. The number of piperidine rings is 1. The summed E-state index contributed by atoms with van der Waals surface area (Å²) >= 11 is 0. The predicted molar refractivity (Wildman–Crippen MR) is 55.5 cm³/mol. The Labute approximate surface area is 81.5 Å². The first-order valence-corrected chi connectivity index (χ1v) is 5.72. The summed E-state index contributed by atoms with van der Waals surface area (Å²) < 4.78 is 0. The van der Waals surface area contributed by atoms with Gasteiger partial charge in [-0.05, 0) is 56.7 Å². The summed E-state index contributed by atoms with van der Waals surface area (Å²) in [5.74, 6) is 2.76. The molecule has 2 N–H and O–H groups in total. The summed E-state index contributed by atoms with van der Waals surface area (Å²) in [6.45, 7) is 7.27. The highest BCUT2D eigenvalue weighted by Crippen LogP contribution is 2.38. The predicted octanol–water partition coefficient (Wildman–Crippen LogP) is 1.31. The second-order valence-electron chi connectivity index (χ2n) is 4.97. The minimum Gasteiger partial charge on any atom is -0.330 e. The molecule has 2 heteroatoms. The van der Waals surface area contributed by atoms with E-state index in [-0.39, 0.29) is 0 Å². The van der Waals surface area contributed by atoms with Crippen LogP contribution in [0.15, 0.2) is 0 Å². The van der Waals surface area contributed by atoms with E-state index < -0.39 is 0 Å². The van der Waals surface area contributed by atoms with Gasteiger partial charge >= 0.3 is 0 Å². The minimum absolute atomic E-state index is 0.861. The van der Waals surface area contributed by atoms with Crippen LogP contribution in [0.1, 0.15) is 26.2 Å². The number of nitrogens with two attached hydrogens (primary N) is 1. The van der Waals surface area contributed by atoms with E-state index in [9.17, 15) is 0 Å². The van der Waals surface area contributed by atoms with Crippen molar-refractivity contribution in [2.45, 2.75) is 26.2 Å². The second-order valence-corrected chi connectivity index (χ2v) is 4.97. The highest BCUT2D eigenvalue weighted by molar-refractivity contribution is 4.89. The van der Waals surface area contributed by atoms with Gasteiger partial charge in [-0.2, -0.15) is 0 Å². The zero-order valence-corrected chi connectivity index (χ0v) is 8.71. The van der Waals surface area contributed by atoms with Gasteiger partial charge in [0.25, 0.3) is 0 Å². The quantitative estimate of drug-likeness (QED) is 0.713. The fourth-order valence-corrected chi connectivity index (χ4v) is 2.40. The smallest absolute Gasteiger partial charge is 0.00129 e. The zero-order valence-electron chi connectivity index (χ0n) is 8.71. The summed E-state index contributed by atoms with van der Waals surface area (Å²) in [7, 11) is 0. The van der Waals surface area contributed by atoms with Crippen molar-refractivity contribution in [2.75, 3.05) is 26.2 Å². The second kappa shape index (κ2) is 3.97. The van der Waals surface area contributed by atoms with Crippen LogP contribution in [-0.4, -0.2) is 31.1 Å². The first kappa shape index (κ1) is 9.47. The summed E-state index contributed by atoms with van der Waals surface area (Å²) in [5, 5.41) is 0. The molecule has 76 valence electrons. The molecule has 2 nitrogen and oxygen atoms in total. The van der Waals surface area contributed by atoms with Crippen molar-refractivity contribution in [2.24, 2.45) is 23.5 Å². The molecule has 0 aromatic heterocycles. The number of hydrogen-bond acceptors (Lipinski definition) is 2. The van der Waals surface area contributed by atoms with Crippen LogP contribution in [0.3, 0.4) is 0 Å². The molecule has 1 aliphatic carbocycles. The summed E-state index contributed by atoms with van der Waals surface area (Å²) in [6, 6.07) is 0. The van der Waals surface area contributed by atoms with Crippen LogP contribution in [0, 0.1) is 17.8 Å². The van der Waals surface area contributed by atoms with Gasteiger partial charge in [-0.15, -0.1) is 0 Å². The molecular weight excluding hydrogens is 160 g/mol. The van der Waals surface area contributed by atoms with E-state index in [4.69, 9.17) is 5.73 Å². The Hall–Kier alpha value is -0.0800. The lowest BCUT2D eigenvalue weighted by Crippen LogP contribution is -2.34. The third-order valence-corrected chi connectivity index (χ3v) is 3.74. The monoisotopic (exact) mass is 182 g/mol. The van der Waals surface area contributed by atoms with Crippen LogP contribution in [0.2, 0.25) is 0 Å². The van der Waals surface area contributed by atoms with Gasteiger partial charge in [0.2, 0.25) is 0 Å². The minimum atomic E-state index is 0.861. The molecule has 2 rings (SSSR count). The lowest BCUT2D eigenvalue weighted by molar-refractivity contribution is 0.183. The molecule has 0 bridgehead atoms. The highest BCUT2D eigenvalue weighted by Gasteiger charge is 2.36. The molecule has 1 heterocycles. The summed E-state index contributed by atoms with van der Waals surface area (Å²) in [4.78, 5) is 2.64. The Morgan fingerprint density at radius 3 is 2.46 bits per heavy atom. The van der Waals surface area contributed by atoms with E-state index in [1.54, 1.807) is 0 Å². The van der Waals surface area contributed by atoms with Gasteiger partial charge in [0.1, 0.15) is 0 Å². The van der Waals surface area contributed by atoms with Crippen molar-refractivity contribution in [1.82, 2.24) is 4.90 Å². The zero-order chi connectivity index (χ0) is 9.26. The number of likely N-dealkylation sites (tertiary alicyclic amines) is 1. The fourth-order valence-electron chi connectivity index (χ4n) is 2.40. The average molecular weight is 182 g/mol. The molecule has 0 spiro atoms. The molecule has 1 saturated carbocycles. The average Bonchev–Trinajstić information content (AvgIpc) is 2.88. The van der Waals surface area contributed by atoms with E-state index in [0.29, 0.717) is 0 Å². The van der Waals surface area contributed by atoms with Gasteiger partial charge in [0, 0.05) is 6.54 Å². The molecule has 0 aromatic rings. The summed E-state index contributed by atoms with van der Waals surface area (Å²) in [5.41, 5.74) is 5.63. The Morgan fingerprint density at radius 2 is 1.92 bits per heavy atom. The Balaban J connectivity index is 1.66. The van der Waals surface area contributed by atoms with Crippen molar-refractivity contribution in [3.8, 4) is 0 Å². The maximum Gasteiger partial charge on any atom is 0.00129 e. The molecule has 1 aliphatic heterocycles. The van der Waals surface area contributed by atoms with E-state index in [0.717, 1.165) is 24.3 Å². The van der Waals surface area contributed by atoms with Crippen molar-refractivity contribution in [3.63, 3.8) is 0 Å².